The van der Waals surface area contributed by atoms with Gasteiger partial charge >= 0.3 is 0 Å². The predicted molar refractivity (Wildman–Crippen MR) is 126 cm³/mol. The summed E-state index contributed by atoms with van der Waals surface area (Å²) in [5.41, 5.74) is 2.86. The molecule has 0 spiro atoms. The van der Waals surface area contributed by atoms with Crippen LogP contribution >= 0.6 is 0 Å². The number of piperazine rings is 1. The monoisotopic (exact) mass is 449 g/mol. The van der Waals surface area contributed by atoms with Gasteiger partial charge in [-0.3, -0.25) is 19.4 Å². The van der Waals surface area contributed by atoms with Gasteiger partial charge in [0.05, 0.1) is 12.7 Å². The molecule has 33 heavy (non-hydrogen) atoms. The van der Waals surface area contributed by atoms with Crippen molar-refractivity contribution in [1.29, 1.82) is 0 Å². The number of amides is 2. The number of ether oxygens (including phenoxy) is 2. The van der Waals surface area contributed by atoms with Gasteiger partial charge in [-0.25, -0.2) is 0 Å². The van der Waals surface area contributed by atoms with E-state index in [0.717, 1.165) is 19.6 Å². The Hall–Kier alpha value is -3.16. The molecule has 0 bridgehead atoms. The number of hydrogen-bond donors (Lipinski definition) is 0. The molecule has 2 aromatic carbocycles. The Bertz CT molecular complexity index is 1010. The smallest absolute Gasteiger partial charge is 0.277 e. The van der Waals surface area contributed by atoms with E-state index in [1.165, 1.54) is 10.5 Å². The molecular weight excluding hydrogens is 418 g/mol. The quantitative estimate of drug-likeness (QED) is 0.433. The number of hydrogen-bond acceptors (Lipinski definition) is 6. The summed E-state index contributed by atoms with van der Waals surface area (Å²) in [4.78, 5) is 32.7. The number of carbonyl (C=O) groups excluding carboxylic acids is 2. The molecule has 0 atom stereocenters. The van der Waals surface area contributed by atoms with Crippen LogP contribution in [0, 0.1) is 0 Å². The van der Waals surface area contributed by atoms with Gasteiger partial charge in [-0.15, -0.1) is 0 Å². The van der Waals surface area contributed by atoms with Crippen molar-refractivity contribution in [2.45, 2.75) is 13.0 Å². The summed E-state index contributed by atoms with van der Waals surface area (Å²) in [6.45, 7) is 4.72. The zero-order valence-electron chi connectivity index (χ0n) is 19.3. The lowest BCUT2D eigenvalue weighted by atomic mass is 10.0. The van der Waals surface area contributed by atoms with E-state index < -0.39 is 0 Å². The molecule has 2 aliphatic heterocycles. The highest BCUT2D eigenvalue weighted by molar-refractivity contribution is 6.36. The topological polar surface area (TPSA) is 62.3 Å². The fourth-order valence-electron chi connectivity index (χ4n) is 4.49. The van der Waals surface area contributed by atoms with Gasteiger partial charge in [0.25, 0.3) is 11.8 Å². The summed E-state index contributed by atoms with van der Waals surface area (Å²) in [6.07, 6.45) is 0.602. The van der Waals surface area contributed by atoms with Crippen molar-refractivity contribution >= 4 is 17.4 Å². The molecule has 1 saturated heterocycles. The summed E-state index contributed by atoms with van der Waals surface area (Å²) in [6, 6.07) is 17.8. The third kappa shape index (κ3) is 4.94. The zero-order chi connectivity index (χ0) is 23.2. The predicted octanol–water partition coefficient (Wildman–Crippen LogP) is 2.63. The Balaban J connectivity index is 1.59. The molecule has 2 amide bonds. The fourth-order valence-corrected chi connectivity index (χ4v) is 4.49. The summed E-state index contributed by atoms with van der Waals surface area (Å²) in [5.74, 6) is 0.100. The van der Waals surface area contributed by atoms with E-state index in [1.54, 1.807) is 14.2 Å². The minimum atomic E-state index is -0.262. The lowest BCUT2D eigenvalue weighted by Crippen LogP contribution is -2.47. The van der Waals surface area contributed by atoms with E-state index in [-0.39, 0.29) is 11.8 Å². The van der Waals surface area contributed by atoms with Crippen molar-refractivity contribution < 1.29 is 19.1 Å². The van der Waals surface area contributed by atoms with Crippen LogP contribution in [-0.2, 0) is 20.9 Å². The van der Waals surface area contributed by atoms with Crippen LogP contribution in [0.15, 0.2) is 60.3 Å². The first-order valence-electron chi connectivity index (χ1n) is 11.4. The molecule has 0 radical (unpaired) electrons. The van der Waals surface area contributed by atoms with Gasteiger partial charge in [-0.05, 0) is 18.1 Å². The zero-order valence-corrected chi connectivity index (χ0v) is 19.3. The first kappa shape index (κ1) is 23.0. The second-order valence-corrected chi connectivity index (χ2v) is 8.28. The normalized spacial score (nSPS) is 17.3. The first-order chi connectivity index (χ1) is 16.1. The number of nitrogens with zero attached hydrogens (tertiary/aromatic N) is 3. The molecule has 2 aromatic rings. The maximum Gasteiger partial charge on any atom is 0.277 e. The van der Waals surface area contributed by atoms with Gasteiger partial charge in [0.15, 0.2) is 0 Å². The molecule has 0 saturated carbocycles. The molecule has 1 fully saturated rings. The Morgan fingerprint density at radius 1 is 0.848 bits per heavy atom. The Labute approximate surface area is 195 Å². The van der Waals surface area contributed by atoms with Crippen molar-refractivity contribution in [1.82, 2.24) is 14.7 Å². The Kier molecular flexibility index (Phi) is 7.42. The molecule has 174 valence electrons. The number of imide groups is 1. The van der Waals surface area contributed by atoms with Crippen LogP contribution in [0.2, 0.25) is 0 Å². The lowest BCUT2D eigenvalue weighted by molar-refractivity contribution is -0.137. The van der Waals surface area contributed by atoms with Crippen LogP contribution in [0.4, 0.5) is 0 Å². The van der Waals surface area contributed by atoms with Crippen molar-refractivity contribution in [3.63, 3.8) is 0 Å². The average Bonchev–Trinajstić information content (AvgIpc) is 3.10. The van der Waals surface area contributed by atoms with Crippen LogP contribution < -0.4 is 4.74 Å². The van der Waals surface area contributed by atoms with Crippen LogP contribution in [0.1, 0.15) is 17.5 Å². The molecule has 7 nitrogen and oxygen atoms in total. The highest BCUT2D eigenvalue weighted by Gasteiger charge is 2.42. The molecule has 0 N–H and O–H groups in total. The Morgan fingerprint density at radius 3 is 2.24 bits per heavy atom. The van der Waals surface area contributed by atoms with E-state index in [4.69, 9.17) is 9.47 Å². The molecular formula is C26H31N3O4. The Morgan fingerprint density at radius 2 is 1.55 bits per heavy atom. The SMILES string of the molecule is COCCCN1C(=O)C(c2ccccc2OC)=C(N2CCN(Cc3ccccc3)CC2)C1=O. The van der Waals surface area contributed by atoms with Gasteiger partial charge in [-0.2, -0.15) is 0 Å². The molecule has 4 rings (SSSR count). The number of rotatable bonds is 9. The molecule has 0 aromatic heterocycles. The van der Waals surface area contributed by atoms with Gasteiger partial charge in [0, 0.05) is 58.5 Å². The number of carbonyl (C=O) groups is 2. The van der Waals surface area contributed by atoms with Gasteiger partial charge in [-0.1, -0.05) is 48.5 Å². The van der Waals surface area contributed by atoms with E-state index in [1.807, 2.05) is 30.3 Å². The average molecular weight is 450 g/mol. The van der Waals surface area contributed by atoms with E-state index in [0.29, 0.717) is 55.2 Å². The van der Waals surface area contributed by atoms with E-state index >= 15 is 0 Å². The highest BCUT2D eigenvalue weighted by Crippen LogP contribution is 2.36. The minimum absolute atomic E-state index is 0.228. The third-order valence-corrected chi connectivity index (χ3v) is 6.19. The van der Waals surface area contributed by atoms with Crippen LogP contribution in [0.5, 0.6) is 5.75 Å². The van der Waals surface area contributed by atoms with Crippen LogP contribution in [-0.4, -0.2) is 80.1 Å². The number of methoxy groups -OCH3 is 2. The van der Waals surface area contributed by atoms with E-state index in [9.17, 15) is 9.59 Å². The number of benzene rings is 2. The van der Waals surface area contributed by atoms with Crippen LogP contribution in [0.25, 0.3) is 5.57 Å². The van der Waals surface area contributed by atoms with Crippen molar-refractivity contribution in [3.05, 3.63) is 71.4 Å². The summed E-state index contributed by atoms with van der Waals surface area (Å²) < 4.78 is 10.7. The van der Waals surface area contributed by atoms with Gasteiger partial charge in [0.2, 0.25) is 0 Å². The van der Waals surface area contributed by atoms with Crippen molar-refractivity contribution in [2.24, 2.45) is 0 Å². The van der Waals surface area contributed by atoms with Crippen molar-refractivity contribution in [2.75, 3.05) is 53.6 Å². The van der Waals surface area contributed by atoms with E-state index in [2.05, 4.69) is 34.1 Å². The molecule has 0 unspecified atom stereocenters. The summed E-state index contributed by atoms with van der Waals surface area (Å²) in [5, 5.41) is 0. The summed E-state index contributed by atoms with van der Waals surface area (Å²) in [7, 11) is 3.20. The maximum absolute atomic E-state index is 13.5. The minimum Gasteiger partial charge on any atom is -0.496 e. The molecule has 7 heteroatoms. The highest BCUT2D eigenvalue weighted by atomic mass is 16.5. The molecule has 2 aliphatic rings. The second kappa shape index (κ2) is 10.6. The summed E-state index contributed by atoms with van der Waals surface area (Å²) >= 11 is 0. The van der Waals surface area contributed by atoms with Gasteiger partial charge in [0.1, 0.15) is 11.4 Å². The molecule has 2 heterocycles. The number of para-hydroxylation sites is 1. The third-order valence-electron chi connectivity index (χ3n) is 6.19. The fraction of sp³-hybridized carbons (Fsp3) is 0.385. The maximum atomic E-state index is 13.5. The molecule has 0 aliphatic carbocycles. The largest absolute Gasteiger partial charge is 0.496 e. The lowest BCUT2D eigenvalue weighted by Gasteiger charge is -2.36. The second-order valence-electron chi connectivity index (χ2n) is 8.28. The first-order valence-corrected chi connectivity index (χ1v) is 11.4. The van der Waals surface area contributed by atoms with Crippen molar-refractivity contribution in [3.8, 4) is 5.75 Å². The van der Waals surface area contributed by atoms with Crippen LogP contribution in [0.3, 0.4) is 0 Å². The van der Waals surface area contributed by atoms with Gasteiger partial charge < -0.3 is 14.4 Å². The standard InChI is InChI=1S/C26H31N3O4/c1-32-18-8-13-29-25(30)23(21-11-6-7-12-22(21)33-2)24(26(29)31)28-16-14-27(15-17-28)19-20-9-4-3-5-10-20/h3-7,9-12H,8,13-19H2,1-2H3.